The molecule has 3 rings (SSSR count). The molecule has 1 heterocycles. The molecule has 22 heavy (non-hydrogen) atoms. The van der Waals surface area contributed by atoms with Gasteiger partial charge in [-0.3, -0.25) is 9.59 Å². The minimum Gasteiger partial charge on any atom is -0.472 e. The van der Waals surface area contributed by atoms with Gasteiger partial charge in [0.25, 0.3) is 5.91 Å². The molecule has 0 saturated heterocycles. The van der Waals surface area contributed by atoms with Gasteiger partial charge < -0.3 is 10.1 Å². The van der Waals surface area contributed by atoms with E-state index in [0.717, 1.165) is 18.4 Å². The van der Waals surface area contributed by atoms with E-state index in [4.69, 9.17) is 16.3 Å². The van der Waals surface area contributed by atoms with Gasteiger partial charge in [-0.1, -0.05) is 36.9 Å². The van der Waals surface area contributed by atoms with Crippen LogP contribution in [0, 0.1) is 5.92 Å². The Hall–Kier alpha value is -1.55. The van der Waals surface area contributed by atoms with Crippen molar-refractivity contribution in [3.05, 3.63) is 28.8 Å². The number of nitrogens with one attached hydrogen (secondary N) is 1. The molecule has 0 spiro atoms. The molecule has 1 N–H and O–H groups in total. The minimum atomic E-state index is -1.05. The van der Waals surface area contributed by atoms with Crippen LogP contribution in [0.4, 0.5) is 0 Å². The second-order valence-electron chi connectivity index (χ2n) is 6.14. The molecule has 4 nitrogen and oxygen atoms in total. The van der Waals surface area contributed by atoms with Gasteiger partial charge in [-0.15, -0.1) is 0 Å². The number of carbonyl (C=O) groups excluding carboxylic acids is 2. The Kier molecular flexibility index (Phi) is 4.67. The van der Waals surface area contributed by atoms with Crippen molar-refractivity contribution in [3.8, 4) is 5.75 Å². The molecular weight excluding hydrogens is 302 g/mol. The highest BCUT2D eigenvalue weighted by molar-refractivity contribution is 6.30. The predicted octanol–water partition coefficient (Wildman–Crippen LogP) is 2.91. The van der Waals surface area contributed by atoms with Crippen LogP contribution in [0.3, 0.4) is 0 Å². The lowest BCUT2D eigenvalue weighted by Crippen LogP contribution is -2.47. The van der Waals surface area contributed by atoms with E-state index in [1.807, 2.05) is 0 Å². The summed E-state index contributed by atoms with van der Waals surface area (Å²) >= 11 is 5.94. The zero-order valence-electron chi connectivity index (χ0n) is 12.4. The molecule has 1 amide bonds. The number of Topliss-reactive ketones (excluding diaryl/α,β-unsaturated/α-hetero) is 1. The maximum atomic E-state index is 12.3. The summed E-state index contributed by atoms with van der Waals surface area (Å²) in [5.74, 6) is 0.528. The van der Waals surface area contributed by atoms with Crippen LogP contribution in [-0.2, 0) is 16.0 Å². The van der Waals surface area contributed by atoms with E-state index < -0.39 is 6.10 Å². The van der Waals surface area contributed by atoms with Gasteiger partial charge in [0.15, 0.2) is 5.78 Å². The summed E-state index contributed by atoms with van der Waals surface area (Å²) in [5, 5.41) is 3.42. The van der Waals surface area contributed by atoms with Crippen molar-refractivity contribution in [2.45, 2.75) is 44.6 Å². The lowest BCUT2D eigenvalue weighted by atomic mass is 9.89. The lowest BCUT2D eigenvalue weighted by molar-refractivity contribution is -0.138. The van der Waals surface area contributed by atoms with Crippen LogP contribution in [0.25, 0.3) is 0 Å². The number of ketones is 1. The van der Waals surface area contributed by atoms with Crippen LogP contribution < -0.4 is 10.1 Å². The Bertz CT molecular complexity index is 581. The Balaban J connectivity index is 1.61. The number of benzene rings is 1. The molecule has 2 aliphatic rings. The quantitative estimate of drug-likeness (QED) is 0.871. The van der Waals surface area contributed by atoms with Gasteiger partial charge in [0.1, 0.15) is 5.75 Å². The number of amides is 1. The molecule has 0 radical (unpaired) electrons. The maximum Gasteiger partial charge on any atom is 0.268 e. The average molecular weight is 322 g/mol. The van der Waals surface area contributed by atoms with Crippen LogP contribution in [0.2, 0.25) is 5.02 Å². The number of fused-ring (bicyclic) bond motifs is 1. The molecule has 1 fully saturated rings. The van der Waals surface area contributed by atoms with Crippen LogP contribution in [0.1, 0.15) is 37.7 Å². The Morgan fingerprint density at radius 3 is 2.82 bits per heavy atom. The first-order valence-corrected chi connectivity index (χ1v) is 8.27. The van der Waals surface area contributed by atoms with Crippen molar-refractivity contribution in [2.75, 3.05) is 6.54 Å². The molecule has 0 bridgehead atoms. The highest BCUT2D eigenvalue weighted by Gasteiger charge is 2.34. The third-order valence-electron chi connectivity index (χ3n) is 4.46. The molecule has 1 saturated carbocycles. The smallest absolute Gasteiger partial charge is 0.268 e. The Labute approximate surface area is 135 Å². The first kappa shape index (κ1) is 15.3. The SMILES string of the molecule is O=C1Cc2ccc(Cl)cc2OC1C(=O)NCC1CCCCC1. The van der Waals surface area contributed by atoms with Crippen molar-refractivity contribution in [2.24, 2.45) is 5.92 Å². The number of hydrogen-bond donors (Lipinski definition) is 1. The van der Waals surface area contributed by atoms with E-state index in [1.54, 1.807) is 18.2 Å². The van der Waals surface area contributed by atoms with Crippen LogP contribution in [0.5, 0.6) is 5.75 Å². The average Bonchev–Trinajstić information content (AvgIpc) is 2.53. The van der Waals surface area contributed by atoms with E-state index in [0.29, 0.717) is 23.2 Å². The Morgan fingerprint density at radius 1 is 1.27 bits per heavy atom. The molecule has 0 aromatic heterocycles. The number of ether oxygens (including phenoxy) is 1. The fraction of sp³-hybridized carbons (Fsp3) is 0.529. The first-order chi connectivity index (χ1) is 10.6. The summed E-state index contributed by atoms with van der Waals surface area (Å²) in [4.78, 5) is 24.4. The lowest BCUT2D eigenvalue weighted by Gasteiger charge is -2.26. The third-order valence-corrected chi connectivity index (χ3v) is 4.69. The highest BCUT2D eigenvalue weighted by Crippen LogP contribution is 2.29. The van der Waals surface area contributed by atoms with Crippen LogP contribution >= 0.6 is 11.6 Å². The topological polar surface area (TPSA) is 55.4 Å². The fourth-order valence-electron chi connectivity index (χ4n) is 3.19. The van der Waals surface area contributed by atoms with Crippen molar-refractivity contribution in [1.29, 1.82) is 0 Å². The van der Waals surface area contributed by atoms with Crippen molar-refractivity contribution in [3.63, 3.8) is 0 Å². The zero-order valence-corrected chi connectivity index (χ0v) is 13.2. The van der Waals surface area contributed by atoms with Crippen LogP contribution in [-0.4, -0.2) is 24.3 Å². The molecule has 1 atom stereocenters. The van der Waals surface area contributed by atoms with E-state index in [1.165, 1.54) is 19.3 Å². The minimum absolute atomic E-state index is 0.198. The number of hydrogen-bond acceptors (Lipinski definition) is 3. The van der Waals surface area contributed by atoms with Gasteiger partial charge in [0.05, 0.1) is 0 Å². The van der Waals surface area contributed by atoms with E-state index in [-0.39, 0.29) is 18.1 Å². The third kappa shape index (κ3) is 3.43. The van der Waals surface area contributed by atoms with Crippen molar-refractivity contribution < 1.29 is 14.3 Å². The largest absolute Gasteiger partial charge is 0.472 e. The molecule has 1 unspecified atom stereocenters. The summed E-state index contributed by atoms with van der Waals surface area (Å²) in [6.07, 6.45) is 5.21. The first-order valence-electron chi connectivity index (χ1n) is 7.89. The normalized spacial score (nSPS) is 21.9. The van der Waals surface area contributed by atoms with Gasteiger partial charge in [0.2, 0.25) is 6.10 Å². The monoisotopic (exact) mass is 321 g/mol. The number of rotatable bonds is 3. The molecule has 5 heteroatoms. The van der Waals surface area contributed by atoms with Crippen molar-refractivity contribution >= 4 is 23.3 Å². The molecule has 1 aliphatic carbocycles. The van der Waals surface area contributed by atoms with E-state index in [2.05, 4.69) is 5.32 Å². The van der Waals surface area contributed by atoms with Gasteiger partial charge >= 0.3 is 0 Å². The molecule has 1 aromatic rings. The maximum absolute atomic E-state index is 12.3. The van der Waals surface area contributed by atoms with Gasteiger partial charge in [0, 0.05) is 23.6 Å². The zero-order chi connectivity index (χ0) is 15.5. The van der Waals surface area contributed by atoms with Crippen molar-refractivity contribution in [1.82, 2.24) is 5.32 Å². The number of halogens is 1. The highest BCUT2D eigenvalue weighted by atomic mass is 35.5. The van der Waals surface area contributed by atoms with Gasteiger partial charge in [-0.05, 0) is 30.9 Å². The van der Waals surface area contributed by atoms with E-state index in [9.17, 15) is 9.59 Å². The summed E-state index contributed by atoms with van der Waals surface area (Å²) in [5.41, 5.74) is 0.783. The Morgan fingerprint density at radius 2 is 2.05 bits per heavy atom. The van der Waals surface area contributed by atoms with E-state index >= 15 is 0 Å². The van der Waals surface area contributed by atoms with Gasteiger partial charge in [-0.25, -0.2) is 0 Å². The molecular formula is C17H20ClNO3. The molecule has 118 valence electrons. The van der Waals surface area contributed by atoms with Crippen LogP contribution in [0.15, 0.2) is 18.2 Å². The summed E-state index contributed by atoms with van der Waals surface area (Å²) < 4.78 is 5.58. The summed E-state index contributed by atoms with van der Waals surface area (Å²) in [6, 6.07) is 5.15. The summed E-state index contributed by atoms with van der Waals surface area (Å²) in [7, 11) is 0. The predicted molar refractivity (Wildman–Crippen MR) is 84.2 cm³/mol. The summed E-state index contributed by atoms with van der Waals surface area (Å²) in [6.45, 7) is 0.633. The fourth-order valence-corrected chi connectivity index (χ4v) is 3.35. The second-order valence-corrected chi connectivity index (χ2v) is 6.58. The molecule has 1 aliphatic heterocycles. The second kappa shape index (κ2) is 6.69. The van der Waals surface area contributed by atoms with Gasteiger partial charge in [-0.2, -0.15) is 0 Å². The standard InChI is InChI=1S/C17H20ClNO3/c18-13-7-6-12-8-14(20)16(22-15(12)9-13)17(21)19-10-11-4-2-1-3-5-11/h6-7,9,11,16H,1-5,8,10H2,(H,19,21). The number of carbonyl (C=O) groups is 2. The molecule has 1 aromatic carbocycles.